The second kappa shape index (κ2) is 4.78. The van der Waals surface area contributed by atoms with Crippen LogP contribution < -0.4 is 0 Å². The van der Waals surface area contributed by atoms with Gasteiger partial charge in [-0.05, 0) is 50.9 Å². The second-order valence-electron chi connectivity index (χ2n) is 5.40. The molecular weight excluding hydrogens is 230 g/mol. The highest BCUT2D eigenvalue weighted by Gasteiger charge is 2.36. The van der Waals surface area contributed by atoms with E-state index >= 15 is 0 Å². The van der Waals surface area contributed by atoms with Gasteiger partial charge in [-0.2, -0.15) is 0 Å². The molecule has 1 aromatic carbocycles. The number of piperidine rings is 1. The Labute approximate surface area is 107 Å². The summed E-state index contributed by atoms with van der Waals surface area (Å²) in [7, 11) is 0. The van der Waals surface area contributed by atoms with Crippen LogP contribution in [0.2, 0.25) is 0 Å². The van der Waals surface area contributed by atoms with E-state index in [4.69, 9.17) is 0 Å². The zero-order valence-electron chi connectivity index (χ0n) is 10.9. The molecule has 1 fully saturated rings. The maximum atomic E-state index is 10.7. The van der Waals surface area contributed by atoms with Crippen molar-refractivity contribution in [3.63, 3.8) is 0 Å². The van der Waals surface area contributed by atoms with E-state index in [1.54, 1.807) is 6.07 Å². The first-order chi connectivity index (χ1) is 8.42. The van der Waals surface area contributed by atoms with Crippen LogP contribution in [0.15, 0.2) is 18.2 Å². The van der Waals surface area contributed by atoms with Gasteiger partial charge < -0.3 is 15.3 Å². The number of nitrogens with zero attached hydrogens (tertiary/aromatic N) is 1. The summed E-state index contributed by atoms with van der Waals surface area (Å²) >= 11 is 0. The van der Waals surface area contributed by atoms with E-state index in [2.05, 4.69) is 18.7 Å². The fraction of sp³-hybridized carbons (Fsp3) is 0.571. The molecule has 0 unspecified atom stereocenters. The maximum absolute atomic E-state index is 10.7. The highest BCUT2D eigenvalue weighted by atomic mass is 16.3. The summed E-state index contributed by atoms with van der Waals surface area (Å²) < 4.78 is 0. The molecule has 1 aliphatic heterocycles. The number of hydrogen-bond donors (Lipinski definition) is 3. The van der Waals surface area contributed by atoms with Gasteiger partial charge in [-0.1, -0.05) is 6.07 Å². The zero-order valence-corrected chi connectivity index (χ0v) is 10.9. The van der Waals surface area contributed by atoms with Crippen molar-refractivity contribution in [1.29, 1.82) is 0 Å². The van der Waals surface area contributed by atoms with Gasteiger partial charge in [0.15, 0.2) is 11.5 Å². The Morgan fingerprint density at radius 3 is 2.56 bits per heavy atom. The van der Waals surface area contributed by atoms with E-state index in [1.807, 2.05) is 0 Å². The molecule has 0 bridgehead atoms. The highest BCUT2D eigenvalue weighted by molar-refractivity contribution is 5.42. The van der Waals surface area contributed by atoms with Crippen molar-refractivity contribution >= 4 is 0 Å². The fourth-order valence-electron chi connectivity index (χ4n) is 2.56. The fourth-order valence-corrected chi connectivity index (χ4v) is 2.56. The lowest BCUT2D eigenvalue weighted by Crippen LogP contribution is -2.48. The van der Waals surface area contributed by atoms with Crippen molar-refractivity contribution in [3.8, 4) is 11.5 Å². The average Bonchev–Trinajstić information content (AvgIpc) is 2.32. The summed E-state index contributed by atoms with van der Waals surface area (Å²) in [6.45, 7) is 5.78. The van der Waals surface area contributed by atoms with Gasteiger partial charge in [-0.3, -0.25) is 4.90 Å². The SMILES string of the molecule is CC(C)N1CCC[C@@](O)(c2ccc(O)c(O)c2)C1. The summed E-state index contributed by atoms with van der Waals surface area (Å²) in [6.07, 6.45) is 1.61. The molecule has 1 atom stereocenters. The molecule has 1 heterocycles. The molecule has 18 heavy (non-hydrogen) atoms. The summed E-state index contributed by atoms with van der Waals surface area (Å²) in [4.78, 5) is 2.23. The van der Waals surface area contributed by atoms with Crippen molar-refractivity contribution in [2.45, 2.75) is 38.3 Å². The average molecular weight is 251 g/mol. The third kappa shape index (κ3) is 2.44. The first-order valence-corrected chi connectivity index (χ1v) is 6.41. The van der Waals surface area contributed by atoms with E-state index in [9.17, 15) is 15.3 Å². The normalized spacial score (nSPS) is 25.6. The molecule has 3 N–H and O–H groups in total. The van der Waals surface area contributed by atoms with E-state index in [1.165, 1.54) is 12.1 Å². The number of likely N-dealkylation sites (tertiary alicyclic amines) is 1. The third-order valence-corrected chi connectivity index (χ3v) is 3.74. The Balaban J connectivity index is 2.26. The summed E-state index contributed by atoms with van der Waals surface area (Å²) in [6, 6.07) is 4.96. The predicted octanol–water partition coefficient (Wildman–Crippen LogP) is 1.79. The van der Waals surface area contributed by atoms with Crippen LogP contribution in [0.4, 0.5) is 0 Å². The largest absolute Gasteiger partial charge is 0.504 e. The van der Waals surface area contributed by atoms with E-state index in [0.717, 1.165) is 13.0 Å². The van der Waals surface area contributed by atoms with Gasteiger partial charge in [-0.25, -0.2) is 0 Å². The molecule has 1 saturated heterocycles. The molecule has 4 nitrogen and oxygen atoms in total. The lowest BCUT2D eigenvalue weighted by Gasteiger charge is -2.41. The van der Waals surface area contributed by atoms with Gasteiger partial charge >= 0.3 is 0 Å². The lowest BCUT2D eigenvalue weighted by molar-refractivity contribution is -0.0446. The van der Waals surface area contributed by atoms with Crippen molar-refractivity contribution in [2.24, 2.45) is 0 Å². The third-order valence-electron chi connectivity index (χ3n) is 3.74. The Hall–Kier alpha value is -1.26. The molecular formula is C14H21NO3. The van der Waals surface area contributed by atoms with Crippen LogP contribution in [0.1, 0.15) is 32.3 Å². The van der Waals surface area contributed by atoms with Crippen LogP contribution in [0.3, 0.4) is 0 Å². The number of hydrogen-bond acceptors (Lipinski definition) is 4. The van der Waals surface area contributed by atoms with Crippen LogP contribution in [0.25, 0.3) is 0 Å². The van der Waals surface area contributed by atoms with Crippen molar-refractivity contribution < 1.29 is 15.3 Å². The molecule has 1 aliphatic rings. The van der Waals surface area contributed by atoms with E-state index < -0.39 is 5.60 Å². The quantitative estimate of drug-likeness (QED) is 0.701. The molecule has 2 rings (SSSR count). The van der Waals surface area contributed by atoms with Gasteiger partial charge in [-0.15, -0.1) is 0 Å². The molecule has 0 saturated carbocycles. The molecule has 4 heteroatoms. The first kappa shape index (κ1) is 13.2. The maximum Gasteiger partial charge on any atom is 0.157 e. The molecule has 0 aliphatic carbocycles. The Morgan fingerprint density at radius 1 is 1.22 bits per heavy atom. The minimum absolute atomic E-state index is 0.154. The van der Waals surface area contributed by atoms with Crippen molar-refractivity contribution in [1.82, 2.24) is 4.90 Å². The van der Waals surface area contributed by atoms with E-state index in [-0.39, 0.29) is 11.5 Å². The molecule has 1 aromatic rings. The summed E-state index contributed by atoms with van der Waals surface area (Å²) in [5.74, 6) is -0.332. The Morgan fingerprint density at radius 2 is 1.94 bits per heavy atom. The number of benzene rings is 1. The monoisotopic (exact) mass is 251 g/mol. The highest BCUT2D eigenvalue weighted by Crippen LogP contribution is 2.36. The van der Waals surface area contributed by atoms with Gasteiger partial charge in [0.25, 0.3) is 0 Å². The van der Waals surface area contributed by atoms with Gasteiger partial charge in [0.1, 0.15) is 5.60 Å². The standard InChI is InChI=1S/C14H21NO3/c1-10(2)15-7-3-6-14(18,9-15)11-4-5-12(16)13(17)8-11/h4-5,8,10,16-18H,3,6-7,9H2,1-2H3/t14-/m0/s1. The van der Waals surface area contributed by atoms with Gasteiger partial charge in [0.2, 0.25) is 0 Å². The minimum atomic E-state index is -0.937. The lowest BCUT2D eigenvalue weighted by atomic mass is 9.85. The van der Waals surface area contributed by atoms with Crippen LogP contribution in [-0.4, -0.2) is 39.4 Å². The van der Waals surface area contributed by atoms with Gasteiger partial charge in [0.05, 0.1) is 0 Å². The molecule has 0 amide bonds. The smallest absolute Gasteiger partial charge is 0.157 e. The number of rotatable bonds is 2. The second-order valence-corrected chi connectivity index (χ2v) is 5.40. The molecule has 0 spiro atoms. The Bertz CT molecular complexity index is 433. The van der Waals surface area contributed by atoms with Crippen molar-refractivity contribution in [3.05, 3.63) is 23.8 Å². The summed E-state index contributed by atoms with van der Waals surface area (Å²) in [5, 5.41) is 29.6. The molecule has 100 valence electrons. The predicted molar refractivity (Wildman–Crippen MR) is 69.6 cm³/mol. The number of phenols is 2. The van der Waals surface area contributed by atoms with Crippen LogP contribution in [0, 0.1) is 0 Å². The van der Waals surface area contributed by atoms with Crippen LogP contribution in [-0.2, 0) is 5.60 Å². The topological polar surface area (TPSA) is 63.9 Å². The summed E-state index contributed by atoms with van der Waals surface area (Å²) in [5.41, 5.74) is -0.267. The van der Waals surface area contributed by atoms with Crippen molar-refractivity contribution in [2.75, 3.05) is 13.1 Å². The molecule has 0 radical (unpaired) electrons. The van der Waals surface area contributed by atoms with Crippen LogP contribution in [0.5, 0.6) is 11.5 Å². The number of aromatic hydroxyl groups is 2. The van der Waals surface area contributed by atoms with E-state index in [0.29, 0.717) is 24.6 Å². The minimum Gasteiger partial charge on any atom is -0.504 e. The van der Waals surface area contributed by atoms with Crippen LogP contribution >= 0.6 is 0 Å². The zero-order chi connectivity index (χ0) is 13.3. The Kier molecular flexibility index (Phi) is 3.50. The number of β-amino-alcohol motifs (C(OH)–C–C–N with tert-alkyl or cyclic N) is 1. The van der Waals surface area contributed by atoms with Gasteiger partial charge in [0, 0.05) is 12.6 Å². The number of aliphatic hydroxyl groups is 1. The number of phenolic OH excluding ortho intramolecular Hbond substituents is 2. The first-order valence-electron chi connectivity index (χ1n) is 6.41. The molecule has 0 aromatic heterocycles.